The van der Waals surface area contributed by atoms with E-state index in [-0.39, 0.29) is 0 Å². The molecule has 4 nitrogen and oxygen atoms in total. The molecule has 0 fully saturated rings. The summed E-state index contributed by atoms with van der Waals surface area (Å²) < 4.78 is 7.80. The maximum Gasteiger partial charge on any atom is 0.108 e. The monoisotopic (exact) mass is 306 g/mol. The summed E-state index contributed by atoms with van der Waals surface area (Å²) in [6, 6.07) is 0. The summed E-state index contributed by atoms with van der Waals surface area (Å²) in [5.74, 6) is 0. The average Bonchev–Trinajstić information content (AvgIpc) is 2.77. The molecule has 1 atom stereocenters. The molecule has 0 saturated heterocycles. The Morgan fingerprint density at radius 3 is 3.00 bits per heavy atom. The number of aliphatic hydroxyl groups is 1. The fourth-order valence-corrected chi connectivity index (χ4v) is 1.98. The molecule has 1 N–H and O–H groups in total. The summed E-state index contributed by atoms with van der Waals surface area (Å²) in [7, 11) is 1.86. The van der Waals surface area contributed by atoms with Crippen molar-refractivity contribution in [3.63, 3.8) is 0 Å². The van der Waals surface area contributed by atoms with Crippen molar-refractivity contribution in [3.05, 3.63) is 27.3 Å². The molecule has 0 saturated carbocycles. The first-order valence-corrected chi connectivity index (χ1v) is 5.44. The van der Waals surface area contributed by atoms with Crippen molar-refractivity contribution >= 4 is 22.6 Å². The number of halogens is 1. The summed E-state index contributed by atoms with van der Waals surface area (Å²) in [4.78, 5) is 0. The molecule has 0 bridgehead atoms. The highest BCUT2D eigenvalue weighted by Gasteiger charge is 2.21. The van der Waals surface area contributed by atoms with Crippen molar-refractivity contribution in [2.75, 3.05) is 6.61 Å². The Kier molecular flexibility index (Phi) is 2.78. The van der Waals surface area contributed by atoms with Crippen LogP contribution in [0.3, 0.4) is 0 Å². The highest BCUT2D eigenvalue weighted by molar-refractivity contribution is 14.1. The van der Waals surface area contributed by atoms with Gasteiger partial charge in [-0.1, -0.05) is 0 Å². The molecule has 0 radical (unpaired) electrons. The van der Waals surface area contributed by atoms with Crippen molar-refractivity contribution in [2.45, 2.75) is 12.5 Å². The highest BCUT2D eigenvalue weighted by atomic mass is 127. The van der Waals surface area contributed by atoms with Crippen LogP contribution in [0.5, 0.6) is 0 Å². The van der Waals surface area contributed by atoms with E-state index in [1.54, 1.807) is 17.1 Å². The Morgan fingerprint density at radius 2 is 2.50 bits per heavy atom. The summed E-state index contributed by atoms with van der Waals surface area (Å²) in [6.45, 7) is 0.670. The summed E-state index contributed by atoms with van der Waals surface area (Å²) in [5, 5.41) is 14.1. The predicted octanol–water partition coefficient (Wildman–Crippen LogP) is 1.36. The van der Waals surface area contributed by atoms with E-state index < -0.39 is 6.10 Å². The smallest absolute Gasteiger partial charge is 0.108 e. The molecule has 2 heterocycles. The molecule has 0 amide bonds. The first-order chi connectivity index (χ1) is 6.70. The van der Waals surface area contributed by atoms with E-state index in [1.165, 1.54) is 0 Å². The third-order valence-electron chi connectivity index (χ3n) is 2.28. The second kappa shape index (κ2) is 3.90. The number of aryl methyl sites for hydroxylation is 1. The number of aromatic nitrogens is 2. The minimum Gasteiger partial charge on any atom is -0.501 e. The van der Waals surface area contributed by atoms with Gasteiger partial charge >= 0.3 is 0 Å². The van der Waals surface area contributed by atoms with Crippen molar-refractivity contribution in [3.8, 4) is 0 Å². The maximum absolute atomic E-state index is 10.0. The van der Waals surface area contributed by atoms with Crippen molar-refractivity contribution in [1.82, 2.24) is 9.78 Å². The number of ether oxygens (including phenoxy) is 1. The van der Waals surface area contributed by atoms with Crippen molar-refractivity contribution in [1.29, 1.82) is 0 Å². The van der Waals surface area contributed by atoms with E-state index in [4.69, 9.17) is 4.74 Å². The zero-order valence-electron chi connectivity index (χ0n) is 7.77. The van der Waals surface area contributed by atoms with E-state index >= 15 is 0 Å². The molecule has 76 valence electrons. The van der Waals surface area contributed by atoms with Crippen LogP contribution in [0.4, 0.5) is 0 Å². The lowest BCUT2D eigenvalue weighted by molar-refractivity contribution is 0.212. The number of hydrogen-bond donors (Lipinski definition) is 1. The van der Waals surface area contributed by atoms with Crippen molar-refractivity contribution in [2.24, 2.45) is 7.05 Å². The third kappa shape index (κ3) is 1.66. The molecule has 0 aromatic carbocycles. The van der Waals surface area contributed by atoms with Gasteiger partial charge in [-0.3, -0.25) is 4.68 Å². The first kappa shape index (κ1) is 9.97. The Morgan fingerprint density at radius 1 is 1.71 bits per heavy atom. The number of rotatable bonds is 2. The van der Waals surface area contributed by atoms with Crippen LogP contribution in [0.15, 0.2) is 18.0 Å². The van der Waals surface area contributed by atoms with Crippen LogP contribution >= 0.6 is 22.6 Å². The number of aliphatic hydroxyl groups excluding tert-OH is 1. The minimum atomic E-state index is -0.571. The molecular formula is C9H11IN2O2. The van der Waals surface area contributed by atoms with Crippen LogP contribution in [-0.4, -0.2) is 21.5 Å². The van der Waals surface area contributed by atoms with Gasteiger partial charge in [0.05, 0.1) is 19.1 Å². The quantitative estimate of drug-likeness (QED) is 0.839. The SMILES string of the molecule is Cn1ncc(C(O)C2=COCC2)c1I. The Labute approximate surface area is 95.7 Å². The minimum absolute atomic E-state index is 0.571. The van der Waals surface area contributed by atoms with E-state index in [9.17, 15) is 5.11 Å². The fraction of sp³-hybridized carbons (Fsp3) is 0.444. The number of hydrogen-bond acceptors (Lipinski definition) is 3. The lowest BCUT2D eigenvalue weighted by Crippen LogP contribution is -2.02. The molecule has 1 aliphatic heterocycles. The van der Waals surface area contributed by atoms with E-state index in [0.717, 1.165) is 21.3 Å². The molecule has 1 aliphatic rings. The van der Waals surface area contributed by atoms with Gasteiger partial charge in [-0.15, -0.1) is 0 Å². The van der Waals surface area contributed by atoms with Gasteiger partial charge < -0.3 is 9.84 Å². The molecule has 5 heteroatoms. The van der Waals surface area contributed by atoms with Gasteiger partial charge in [0, 0.05) is 24.6 Å². The maximum atomic E-state index is 10.0. The van der Waals surface area contributed by atoms with Crippen molar-refractivity contribution < 1.29 is 9.84 Å². The van der Waals surface area contributed by atoms with Gasteiger partial charge in [-0.05, 0) is 22.6 Å². The van der Waals surface area contributed by atoms with Gasteiger partial charge in [-0.25, -0.2) is 0 Å². The van der Waals surface area contributed by atoms with Gasteiger partial charge in [0.15, 0.2) is 0 Å². The Bertz CT molecular complexity index is 373. The molecule has 0 spiro atoms. The topological polar surface area (TPSA) is 47.3 Å². The predicted molar refractivity (Wildman–Crippen MR) is 59.5 cm³/mol. The third-order valence-corrected chi connectivity index (χ3v) is 3.60. The fourth-order valence-electron chi connectivity index (χ4n) is 1.43. The van der Waals surface area contributed by atoms with Crippen LogP contribution in [0, 0.1) is 3.70 Å². The second-order valence-electron chi connectivity index (χ2n) is 3.23. The number of nitrogens with zero attached hydrogens (tertiary/aromatic N) is 2. The Balaban J connectivity index is 2.26. The molecule has 1 aromatic rings. The molecular weight excluding hydrogens is 295 g/mol. The summed E-state index contributed by atoms with van der Waals surface area (Å²) >= 11 is 2.17. The van der Waals surface area contributed by atoms with E-state index in [2.05, 4.69) is 27.7 Å². The standard InChI is InChI=1S/C9H11IN2O2/c1-12-9(10)7(4-11-12)8(13)6-2-3-14-5-6/h4-5,8,13H,2-3H2,1H3. The second-order valence-corrected chi connectivity index (χ2v) is 4.25. The van der Waals surface area contributed by atoms with Gasteiger partial charge in [-0.2, -0.15) is 5.10 Å². The molecule has 2 rings (SSSR count). The molecule has 1 aromatic heterocycles. The molecule has 0 aliphatic carbocycles. The summed E-state index contributed by atoms with van der Waals surface area (Å²) in [6.07, 6.45) is 3.57. The lowest BCUT2D eigenvalue weighted by atomic mass is 10.0. The zero-order valence-corrected chi connectivity index (χ0v) is 9.93. The van der Waals surface area contributed by atoms with Crippen LogP contribution in [0.25, 0.3) is 0 Å². The van der Waals surface area contributed by atoms with E-state index in [0.29, 0.717) is 6.61 Å². The summed E-state index contributed by atoms with van der Waals surface area (Å²) in [5.41, 5.74) is 1.78. The highest BCUT2D eigenvalue weighted by Crippen LogP contribution is 2.29. The molecule has 14 heavy (non-hydrogen) atoms. The van der Waals surface area contributed by atoms with Gasteiger partial charge in [0.2, 0.25) is 0 Å². The normalized spacial score (nSPS) is 17.8. The van der Waals surface area contributed by atoms with Crippen LogP contribution in [0.2, 0.25) is 0 Å². The van der Waals surface area contributed by atoms with Crippen LogP contribution in [-0.2, 0) is 11.8 Å². The zero-order chi connectivity index (χ0) is 10.1. The largest absolute Gasteiger partial charge is 0.501 e. The average molecular weight is 306 g/mol. The lowest BCUT2D eigenvalue weighted by Gasteiger charge is -2.08. The van der Waals surface area contributed by atoms with Gasteiger partial charge in [0.1, 0.15) is 9.80 Å². The van der Waals surface area contributed by atoms with Crippen LogP contribution in [0.1, 0.15) is 18.1 Å². The Hall–Kier alpha value is -0.560. The van der Waals surface area contributed by atoms with Gasteiger partial charge in [0.25, 0.3) is 0 Å². The van der Waals surface area contributed by atoms with Crippen LogP contribution < -0.4 is 0 Å². The van der Waals surface area contributed by atoms with E-state index in [1.807, 2.05) is 7.05 Å². The molecule has 1 unspecified atom stereocenters. The first-order valence-electron chi connectivity index (χ1n) is 4.36.